The van der Waals surface area contributed by atoms with Gasteiger partial charge in [0, 0.05) is 19.6 Å². The Balaban J connectivity index is 0.000000235. The lowest BCUT2D eigenvalue weighted by Crippen LogP contribution is -2.21. The van der Waals surface area contributed by atoms with Crippen LogP contribution >= 0.6 is 0 Å². The molecule has 0 aromatic heterocycles. The van der Waals surface area contributed by atoms with E-state index in [1.165, 1.54) is 5.56 Å². The van der Waals surface area contributed by atoms with E-state index in [4.69, 9.17) is 5.11 Å². The van der Waals surface area contributed by atoms with Crippen LogP contribution in [0.2, 0.25) is 0 Å². The Bertz CT molecular complexity index is 511. The molecule has 0 aliphatic heterocycles. The maximum Gasteiger partial charge on any atom is 0.220 e. The Morgan fingerprint density at radius 2 is 1.50 bits per heavy atom. The summed E-state index contributed by atoms with van der Waals surface area (Å²) >= 11 is 0. The first-order valence-electron chi connectivity index (χ1n) is 7.71. The van der Waals surface area contributed by atoms with Crippen LogP contribution in [0.5, 0.6) is 0 Å². The molecule has 0 heterocycles. The van der Waals surface area contributed by atoms with Crippen molar-refractivity contribution in [3.8, 4) is 0 Å². The first-order valence-corrected chi connectivity index (χ1v) is 7.71. The lowest BCUT2D eigenvalue weighted by atomic mass is 10.2. The quantitative estimate of drug-likeness (QED) is 0.859. The lowest BCUT2D eigenvalue weighted by molar-refractivity contribution is -0.121. The number of benzene rings is 2. The van der Waals surface area contributed by atoms with Crippen LogP contribution in [0, 0.1) is 0 Å². The van der Waals surface area contributed by atoms with E-state index in [1.54, 1.807) is 0 Å². The number of hydrogen-bond donors (Lipinski definition) is 2. The summed E-state index contributed by atoms with van der Waals surface area (Å²) in [5.41, 5.74) is 2.34. The van der Waals surface area contributed by atoms with Crippen LogP contribution in [-0.4, -0.2) is 17.6 Å². The minimum Gasteiger partial charge on any atom is -0.396 e. The molecular formula is C19H25NO2. The molecule has 0 atom stereocenters. The number of aliphatic hydroxyl groups is 1. The number of amides is 1. The zero-order chi connectivity index (χ0) is 16.0. The number of rotatable bonds is 6. The predicted octanol–water partition coefficient (Wildman–Crippen LogP) is 3.32. The van der Waals surface area contributed by atoms with E-state index in [1.807, 2.05) is 67.6 Å². The van der Waals surface area contributed by atoms with Crippen LogP contribution in [-0.2, 0) is 17.8 Å². The minimum absolute atomic E-state index is 0.131. The Morgan fingerprint density at radius 3 is 2.00 bits per heavy atom. The molecule has 0 saturated heterocycles. The van der Waals surface area contributed by atoms with Crippen LogP contribution in [0.4, 0.5) is 0 Å². The summed E-state index contributed by atoms with van der Waals surface area (Å²) < 4.78 is 0. The molecular weight excluding hydrogens is 274 g/mol. The van der Waals surface area contributed by atoms with Crippen molar-refractivity contribution in [2.75, 3.05) is 6.61 Å². The van der Waals surface area contributed by atoms with E-state index in [2.05, 4.69) is 5.32 Å². The van der Waals surface area contributed by atoms with Gasteiger partial charge < -0.3 is 10.4 Å². The van der Waals surface area contributed by atoms with Gasteiger partial charge in [-0.15, -0.1) is 0 Å². The van der Waals surface area contributed by atoms with Gasteiger partial charge in [0.2, 0.25) is 5.91 Å². The van der Waals surface area contributed by atoms with E-state index >= 15 is 0 Å². The molecule has 0 fully saturated rings. The Hall–Kier alpha value is -2.13. The summed E-state index contributed by atoms with van der Waals surface area (Å²) in [5, 5.41) is 11.4. The fourth-order valence-corrected chi connectivity index (χ4v) is 1.89. The third-order valence-electron chi connectivity index (χ3n) is 3.05. The number of aliphatic hydroxyl groups excluding tert-OH is 1. The lowest BCUT2D eigenvalue weighted by Gasteiger charge is -2.03. The molecule has 0 aliphatic carbocycles. The Morgan fingerprint density at radius 1 is 0.955 bits per heavy atom. The van der Waals surface area contributed by atoms with Gasteiger partial charge in [0.15, 0.2) is 0 Å². The summed E-state index contributed by atoms with van der Waals surface area (Å²) in [6, 6.07) is 19.9. The third kappa shape index (κ3) is 8.22. The van der Waals surface area contributed by atoms with Gasteiger partial charge in [-0.05, 0) is 24.0 Å². The molecule has 0 unspecified atom stereocenters. The first-order chi connectivity index (χ1) is 10.8. The highest BCUT2D eigenvalue weighted by Crippen LogP contribution is 1.98. The van der Waals surface area contributed by atoms with Gasteiger partial charge in [0.1, 0.15) is 0 Å². The van der Waals surface area contributed by atoms with Crippen LogP contribution < -0.4 is 5.32 Å². The first kappa shape index (κ1) is 17.9. The van der Waals surface area contributed by atoms with Crippen molar-refractivity contribution >= 4 is 5.91 Å². The maximum absolute atomic E-state index is 11.1. The topological polar surface area (TPSA) is 49.3 Å². The van der Waals surface area contributed by atoms with Crippen molar-refractivity contribution in [3.05, 3.63) is 71.8 Å². The van der Waals surface area contributed by atoms with E-state index in [9.17, 15) is 4.79 Å². The van der Waals surface area contributed by atoms with Gasteiger partial charge in [-0.3, -0.25) is 4.79 Å². The summed E-state index contributed by atoms with van der Waals surface area (Å²) in [5.74, 6) is 0.131. The van der Waals surface area contributed by atoms with Gasteiger partial charge in [0.25, 0.3) is 0 Å². The van der Waals surface area contributed by atoms with Gasteiger partial charge >= 0.3 is 0 Å². The Labute approximate surface area is 133 Å². The fraction of sp³-hybridized carbons (Fsp3) is 0.316. The normalized spacial score (nSPS) is 9.55. The standard InChI is InChI=1S/C11H15NO.C8H10O/c1-2-6-11(13)12-9-10-7-4-3-5-8-10;9-7-6-8-4-2-1-3-5-8/h3-5,7-8H,2,6,9H2,1H3,(H,12,13);1-5,9H,6-7H2. The second-order valence-corrected chi connectivity index (χ2v) is 4.97. The maximum atomic E-state index is 11.1. The highest BCUT2D eigenvalue weighted by molar-refractivity contribution is 5.75. The molecule has 2 aromatic rings. The van der Waals surface area contributed by atoms with E-state index in [0.29, 0.717) is 13.0 Å². The average molecular weight is 299 g/mol. The van der Waals surface area contributed by atoms with Gasteiger partial charge in [-0.2, -0.15) is 0 Å². The van der Waals surface area contributed by atoms with Crippen molar-refractivity contribution in [3.63, 3.8) is 0 Å². The second kappa shape index (κ2) is 11.5. The van der Waals surface area contributed by atoms with Crippen LogP contribution in [0.1, 0.15) is 30.9 Å². The molecule has 0 aliphatic rings. The van der Waals surface area contributed by atoms with Crippen molar-refractivity contribution in [2.45, 2.75) is 32.7 Å². The Kier molecular flexibility index (Phi) is 9.38. The predicted molar refractivity (Wildman–Crippen MR) is 90.4 cm³/mol. The molecule has 3 nitrogen and oxygen atoms in total. The summed E-state index contributed by atoms with van der Waals surface area (Å²) in [7, 11) is 0. The van der Waals surface area contributed by atoms with Crippen LogP contribution in [0.3, 0.4) is 0 Å². The molecule has 2 rings (SSSR count). The average Bonchev–Trinajstić information content (AvgIpc) is 2.56. The van der Waals surface area contributed by atoms with Crippen molar-refractivity contribution in [1.29, 1.82) is 0 Å². The smallest absolute Gasteiger partial charge is 0.220 e. The number of carbonyl (C=O) groups excluding carboxylic acids is 1. The largest absolute Gasteiger partial charge is 0.396 e. The van der Waals surface area contributed by atoms with Crippen molar-refractivity contribution in [1.82, 2.24) is 5.32 Å². The molecule has 3 heteroatoms. The van der Waals surface area contributed by atoms with Crippen LogP contribution in [0.25, 0.3) is 0 Å². The van der Waals surface area contributed by atoms with Gasteiger partial charge in [-0.25, -0.2) is 0 Å². The monoisotopic (exact) mass is 299 g/mol. The molecule has 1 amide bonds. The fourth-order valence-electron chi connectivity index (χ4n) is 1.89. The summed E-state index contributed by atoms with van der Waals surface area (Å²) in [4.78, 5) is 11.1. The molecule has 22 heavy (non-hydrogen) atoms. The molecule has 0 radical (unpaired) electrons. The van der Waals surface area contributed by atoms with Gasteiger partial charge in [0.05, 0.1) is 0 Å². The zero-order valence-corrected chi connectivity index (χ0v) is 13.2. The highest BCUT2D eigenvalue weighted by atomic mass is 16.2. The molecule has 0 saturated carbocycles. The van der Waals surface area contributed by atoms with Gasteiger partial charge in [-0.1, -0.05) is 67.6 Å². The van der Waals surface area contributed by atoms with E-state index in [0.717, 1.165) is 18.4 Å². The number of hydrogen-bond acceptors (Lipinski definition) is 2. The molecule has 2 aromatic carbocycles. The van der Waals surface area contributed by atoms with E-state index in [-0.39, 0.29) is 12.5 Å². The minimum atomic E-state index is 0.131. The SMILES string of the molecule is CCCC(=O)NCc1ccccc1.OCCc1ccccc1. The molecule has 0 bridgehead atoms. The van der Waals surface area contributed by atoms with E-state index < -0.39 is 0 Å². The third-order valence-corrected chi connectivity index (χ3v) is 3.05. The molecule has 0 spiro atoms. The van der Waals surface area contributed by atoms with Crippen LogP contribution in [0.15, 0.2) is 60.7 Å². The molecule has 2 N–H and O–H groups in total. The van der Waals surface area contributed by atoms with Crippen molar-refractivity contribution in [2.24, 2.45) is 0 Å². The summed E-state index contributed by atoms with van der Waals surface area (Å²) in [6.07, 6.45) is 2.29. The highest BCUT2D eigenvalue weighted by Gasteiger charge is 1.97. The van der Waals surface area contributed by atoms with Crippen molar-refractivity contribution < 1.29 is 9.90 Å². The summed E-state index contributed by atoms with van der Waals surface area (Å²) in [6.45, 7) is 2.88. The molecule has 118 valence electrons. The number of carbonyl (C=O) groups is 1. The number of nitrogens with one attached hydrogen (secondary N) is 1. The zero-order valence-electron chi connectivity index (χ0n) is 13.2. The second-order valence-electron chi connectivity index (χ2n) is 4.97.